The SMILES string of the molecule is C=C(C)C(=O)OC(C)C.C=C(C)C(=O)OC(C)C.O=C(O)C(=O)O. The lowest BCUT2D eigenvalue weighted by Crippen LogP contribution is -2.11. The van der Waals surface area contributed by atoms with Crippen molar-refractivity contribution in [1.82, 2.24) is 0 Å². The summed E-state index contributed by atoms with van der Waals surface area (Å²) in [6.07, 6.45) is -0.0941. The van der Waals surface area contributed by atoms with Gasteiger partial charge in [-0.15, -0.1) is 0 Å². The Morgan fingerprint density at radius 2 is 0.917 bits per heavy atom. The van der Waals surface area contributed by atoms with E-state index in [-0.39, 0.29) is 24.1 Å². The van der Waals surface area contributed by atoms with Gasteiger partial charge in [-0.3, -0.25) is 0 Å². The van der Waals surface area contributed by atoms with Crippen molar-refractivity contribution in [2.75, 3.05) is 0 Å². The van der Waals surface area contributed by atoms with E-state index in [1.165, 1.54) is 0 Å². The number of rotatable bonds is 4. The average Bonchev–Trinajstić information content (AvgIpc) is 2.38. The molecule has 0 aliphatic carbocycles. The molecule has 0 fully saturated rings. The third-order valence-corrected chi connectivity index (χ3v) is 1.57. The van der Waals surface area contributed by atoms with Crippen LogP contribution in [-0.2, 0) is 28.7 Å². The number of hydrogen-bond donors (Lipinski definition) is 2. The molecule has 0 atom stereocenters. The minimum Gasteiger partial charge on any atom is -0.473 e. The van der Waals surface area contributed by atoms with Gasteiger partial charge in [-0.25, -0.2) is 19.2 Å². The van der Waals surface area contributed by atoms with Crippen molar-refractivity contribution in [1.29, 1.82) is 0 Å². The number of aliphatic carboxylic acids is 2. The summed E-state index contributed by atoms with van der Waals surface area (Å²) in [6, 6.07) is 0. The molecule has 0 aromatic rings. The van der Waals surface area contributed by atoms with Gasteiger partial charge in [0.25, 0.3) is 0 Å². The van der Waals surface area contributed by atoms with Crippen LogP contribution in [0, 0.1) is 0 Å². The van der Waals surface area contributed by atoms with Crippen molar-refractivity contribution in [3.05, 3.63) is 24.3 Å². The van der Waals surface area contributed by atoms with Crippen LogP contribution >= 0.6 is 0 Å². The monoisotopic (exact) mass is 346 g/mol. The summed E-state index contributed by atoms with van der Waals surface area (Å²) < 4.78 is 9.55. The molecule has 0 radical (unpaired) electrons. The van der Waals surface area contributed by atoms with E-state index in [1.54, 1.807) is 41.5 Å². The first-order valence-corrected chi connectivity index (χ1v) is 6.91. The van der Waals surface area contributed by atoms with E-state index >= 15 is 0 Å². The van der Waals surface area contributed by atoms with Gasteiger partial charge >= 0.3 is 23.9 Å². The van der Waals surface area contributed by atoms with Crippen LogP contribution in [0.1, 0.15) is 41.5 Å². The predicted octanol–water partition coefficient (Wildman–Crippen LogP) is 2.18. The quantitative estimate of drug-likeness (QED) is 0.450. The van der Waals surface area contributed by atoms with Gasteiger partial charge in [0.2, 0.25) is 0 Å². The van der Waals surface area contributed by atoms with Crippen LogP contribution in [0.2, 0.25) is 0 Å². The molecule has 0 saturated heterocycles. The zero-order chi connectivity index (χ0) is 20.0. The molecule has 138 valence electrons. The summed E-state index contributed by atoms with van der Waals surface area (Å²) in [5.41, 5.74) is 0.896. The molecular weight excluding hydrogens is 320 g/mol. The van der Waals surface area contributed by atoms with Gasteiger partial charge in [0.05, 0.1) is 12.2 Å². The van der Waals surface area contributed by atoms with Gasteiger partial charge in [0.1, 0.15) is 0 Å². The molecule has 0 rings (SSSR count). The average molecular weight is 346 g/mol. The van der Waals surface area contributed by atoms with E-state index in [1.807, 2.05) is 0 Å². The first-order valence-electron chi connectivity index (χ1n) is 6.91. The maximum absolute atomic E-state index is 10.6. The topological polar surface area (TPSA) is 127 Å². The molecule has 0 heterocycles. The molecule has 8 heteroatoms. The molecule has 0 aromatic heterocycles. The van der Waals surface area contributed by atoms with E-state index < -0.39 is 11.9 Å². The fourth-order valence-electron chi connectivity index (χ4n) is 0.629. The third kappa shape index (κ3) is 21.7. The van der Waals surface area contributed by atoms with Gasteiger partial charge in [-0.2, -0.15) is 0 Å². The first-order chi connectivity index (χ1) is 10.7. The molecule has 0 saturated carbocycles. The summed E-state index contributed by atoms with van der Waals surface area (Å²) in [4.78, 5) is 39.5. The lowest BCUT2D eigenvalue weighted by atomic mass is 10.3. The van der Waals surface area contributed by atoms with Gasteiger partial charge in [0, 0.05) is 11.1 Å². The van der Waals surface area contributed by atoms with Crippen LogP contribution in [0.25, 0.3) is 0 Å². The lowest BCUT2D eigenvalue weighted by molar-refractivity contribution is -0.159. The fraction of sp³-hybridized carbons (Fsp3) is 0.500. The normalized spacial score (nSPS) is 8.83. The molecule has 0 spiro atoms. The van der Waals surface area contributed by atoms with Crippen molar-refractivity contribution in [2.24, 2.45) is 0 Å². The molecule has 0 aliphatic rings. The standard InChI is InChI=1S/2C7H12O2.C2H2O4/c2*1-5(2)7(8)9-6(3)4;3-1(4)2(5)6/h2*6H,1H2,2-4H3;(H,3,4)(H,5,6). The minimum atomic E-state index is -1.82. The number of carboxylic acid groups (broad SMARTS) is 2. The maximum Gasteiger partial charge on any atom is 0.414 e. The first kappa shape index (κ1) is 26.3. The summed E-state index contributed by atoms with van der Waals surface area (Å²) >= 11 is 0. The molecule has 24 heavy (non-hydrogen) atoms. The van der Waals surface area contributed by atoms with Gasteiger partial charge < -0.3 is 19.7 Å². The van der Waals surface area contributed by atoms with E-state index in [4.69, 9.17) is 29.3 Å². The number of carboxylic acids is 2. The molecule has 8 nitrogen and oxygen atoms in total. The smallest absolute Gasteiger partial charge is 0.414 e. The Kier molecular flexibility index (Phi) is 15.3. The lowest BCUT2D eigenvalue weighted by Gasteiger charge is -2.05. The van der Waals surface area contributed by atoms with Gasteiger partial charge in [-0.1, -0.05) is 13.2 Å². The molecule has 0 bridgehead atoms. The Hall–Kier alpha value is -2.64. The van der Waals surface area contributed by atoms with Crippen LogP contribution in [-0.4, -0.2) is 46.3 Å². The van der Waals surface area contributed by atoms with Crippen molar-refractivity contribution in [2.45, 2.75) is 53.8 Å². The van der Waals surface area contributed by atoms with Crippen LogP contribution in [0.5, 0.6) is 0 Å². The zero-order valence-electron chi connectivity index (χ0n) is 14.9. The highest BCUT2D eigenvalue weighted by Crippen LogP contribution is 1.96. The summed E-state index contributed by atoms with van der Waals surface area (Å²) in [5, 5.41) is 14.8. The van der Waals surface area contributed by atoms with Gasteiger partial charge in [-0.05, 0) is 41.5 Å². The Labute approximate surface area is 141 Å². The van der Waals surface area contributed by atoms with Crippen molar-refractivity contribution in [3.63, 3.8) is 0 Å². The number of carbonyl (C=O) groups excluding carboxylic acids is 2. The zero-order valence-corrected chi connectivity index (χ0v) is 14.9. The van der Waals surface area contributed by atoms with E-state index in [9.17, 15) is 9.59 Å². The third-order valence-electron chi connectivity index (χ3n) is 1.57. The van der Waals surface area contributed by atoms with Crippen LogP contribution < -0.4 is 0 Å². The second-order valence-corrected chi connectivity index (χ2v) is 5.08. The highest BCUT2D eigenvalue weighted by Gasteiger charge is 2.05. The van der Waals surface area contributed by atoms with E-state index in [2.05, 4.69) is 13.2 Å². The largest absolute Gasteiger partial charge is 0.473 e. The highest BCUT2D eigenvalue weighted by molar-refractivity contribution is 6.27. The second-order valence-electron chi connectivity index (χ2n) is 5.08. The van der Waals surface area contributed by atoms with Crippen LogP contribution in [0.15, 0.2) is 24.3 Å². The molecular formula is C16H26O8. The molecule has 0 aliphatic heterocycles. The van der Waals surface area contributed by atoms with Crippen molar-refractivity contribution in [3.8, 4) is 0 Å². The molecule has 0 amide bonds. The summed E-state index contributed by atoms with van der Waals surface area (Å²) in [5.74, 6) is -4.28. The number of carbonyl (C=O) groups is 4. The molecule has 0 unspecified atom stereocenters. The Morgan fingerprint density at radius 3 is 0.958 bits per heavy atom. The highest BCUT2D eigenvalue weighted by atomic mass is 16.5. The van der Waals surface area contributed by atoms with Gasteiger partial charge in [0.15, 0.2) is 0 Å². The minimum absolute atomic E-state index is 0.0470. The number of hydrogen-bond acceptors (Lipinski definition) is 6. The van der Waals surface area contributed by atoms with E-state index in [0.29, 0.717) is 11.1 Å². The Morgan fingerprint density at radius 1 is 0.708 bits per heavy atom. The fourth-order valence-corrected chi connectivity index (χ4v) is 0.629. The molecule has 2 N–H and O–H groups in total. The second kappa shape index (κ2) is 14.0. The van der Waals surface area contributed by atoms with Crippen LogP contribution in [0.4, 0.5) is 0 Å². The summed E-state index contributed by atoms with van der Waals surface area (Å²) in [7, 11) is 0. The predicted molar refractivity (Wildman–Crippen MR) is 87.4 cm³/mol. The Balaban J connectivity index is -0.000000282. The van der Waals surface area contributed by atoms with Crippen molar-refractivity contribution >= 4 is 23.9 Å². The maximum atomic E-state index is 10.6. The van der Waals surface area contributed by atoms with E-state index in [0.717, 1.165) is 0 Å². The summed E-state index contributed by atoms with van der Waals surface area (Å²) in [6.45, 7) is 17.4. The Bertz CT molecular complexity index is 430. The van der Waals surface area contributed by atoms with Crippen molar-refractivity contribution < 1.29 is 38.9 Å². The number of ether oxygens (including phenoxy) is 2. The van der Waals surface area contributed by atoms with Crippen LogP contribution in [0.3, 0.4) is 0 Å². The number of esters is 2. The molecule has 0 aromatic carbocycles.